The molecule has 7 nitrogen and oxygen atoms in total. The Balaban J connectivity index is 0. The summed E-state index contributed by atoms with van der Waals surface area (Å²) in [5.74, 6) is 7.86. The number of rotatable bonds is 12. The highest BCUT2D eigenvalue weighted by atomic mass is 16.5. The summed E-state index contributed by atoms with van der Waals surface area (Å²) in [6.07, 6.45) is 0.423. The van der Waals surface area contributed by atoms with Gasteiger partial charge in [-0.3, -0.25) is 21.4 Å². The minimum atomic E-state index is -0.143. The van der Waals surface area contributed by atoms with Gasteiger partial charge in [-0.1, -0.05) is 0 Å². The molecule has 122 valence electrons. The van der Waals surface area contributed by atoms with Crippen molar-refractivity contribution in [2.75, 3.05) is 52.7 Å². The van der Waals surface area contributed by atoms with E-state index in [1.54, 1.807) is 0 Å². The lowest BCUT2D eigenvalue weighted by atomic mass is 10.3. The van der Waals surface area contributed by atoms with Crippen molar-refractivity contribution in [3.63, 3.8) is 0 Å². The zero-order chi connectivity index (χ0) is 15.6. The molecule has 0 saturated heterocycles. The number of carbonyl (C=O) groups excluding carboxylic acids is 1. The van der Waals surface area contributed by atoms with Crippen LogP contribution < -0.4 is 11.7 Å². The zero-order valence-electron chi connectivity index (χ0n) is 13.1. The molecule has 0 amide bonds. The summed E-state index contributed by atoms with van der Waals surface area (Å²) >= 11 is 0. The quantitative estimate of drug-likeness (QED) is 0.228. The number of esters is 1. The van der Waals surface area contributed by atoms with E-state index in [9.17, 15) is 4.79 Å². The second-order valence-electron chi connectivity index (χ2n) is 3.79. The van der Waals surface area contributed by atoms with E-state index < -0.39 is 0 Å². The fraction of sp³-hybridized carbons (Fsp3) is 0.923. The summed E-state index contributed by atoms with van der Waals surface area (Å²) in [6, 6.07) is 0. The van der Waals surface area contributed by atoms with Gasteiger partial charge in [-0.25, -0.2) is 0 Å². The van der Waals surface area contributed by atoms with Crippen LogP contribution in [0.3, 0.4) is 0 Å². The van der Waals surface area contributed by atoms with E-state index in [2.05, 4.69) is 16.6 Å². The molecule has 0 spiro atoms. The van der Waals surface area contributed by atoms with Crippen LogP contribution in [0, 0.1) is 0 Å². The maximum Gasteiger partial charge on any atom is 0.307 e. The molecule has 0 atom stereocenters. The Morgan fingerprint density at radius 3 is 1.80 bits per heavy atom. The zero-order valence-corrected chi connectivity index (χ0v) is 13.1. The van der Waals surface area contributed by atoms with Crippen molar-refractivity contribution < 1.29 is 19.0 Å². The third kappa shape index (κ3) is 15.3. The second kappa shape index (κ2) is 18.3. The molecule has 0 rings (SSSR count). The largest absolute Gasteiger partial charge is 0.466 e. The van der Waals surface area contributed by atoms with E-state index in [0.717, 1.165) is 26.3 Å². The molecule has 0 bridgehead atoms. The van der Waals surface area contributed by atoms with Crippen LogP contribution in [-0.2, 0) is 19.0 Å². The molecule has 0 aromatic carbocycles. The molecule has 0 aliphatic rings. The van der Waals surface area contributed by atoms with Crippen molar-refractivity contribution in [2.24, 2.45) is 11.7 Å². The Morgan fingerprint density at radius 2 is 1.40 bits per heavy atom. The number of hydrogen-bond acceptors (Lipinski definition) is 7. The average Bonchev–Trinajstić information content (AvgIpc) is 2.47. The SMILES string of the molecule is CCOCCN(CCOCC)CCC(=O)OCC.NN. The number of nitrogens with zero attached hydrogens (tertiary/aromatic N) is 1. The molecular formula is C13H31N3O4. The second-order valence-corrected chi connectivity index (χ2v) is 3.79. The van der Waals surface area contributed by atoms with Gasteiger partial charge in [0.25, 0.3) is 0 Å². The molecule has 0 aromatic heterocycles. The molecule has 4 N–H and O–H groups in total. The van der Waals surface area contributed by atoms with E-state index in [-0.39, 0.29) is 5.97 Å². The monoisotopic (exact) mass is 293 g/mol. The van der Waals surface area contributed by atoms with E-state index in [4.69, 9.17) is 14.2 Å². The van der Waals surface area contributed by atoms with Crippen molar-refractivity contribution in [2.45, 2.75) is 27.2 Å². The maximum absolute atomic E-state index is 11.3. The van der Waals surface area contributed by atoms with Crippen LogP contribution in [0.25, 0.3) is 0 Å². The summed E-state index contributed by atoms with van der Waals surface area (Å²) in [6.45, 7) is 11.4. The average molecular weight is 293 g/mol. The van der Waals surface area contributed by atoms with Gasteiger partial charge >= 0.3 is 5.97 Å². The summed E-state index contributed by atoms with van der Waals surface area (Å²) in [4.78, 5) is 13.5. The number of nitrogens with two attached hydrogens (primary N) is 2. The van der Waals surface area contributed by atoms with Crippen LogP contribution >= 0.6 is 0 Å². The van der Waals surface area contributed by atoms with Crippen LogP contribution in [0.2, 0.25) is 0 Å². The highest BCUT2D eigenvalue weighted by molar-refractivity contribution is 5.69. The Labute approximate surface area is 122 Å². The van der Waals surface area contributed by atoms with Gasteiger partial charge in [-0.2, -0.15) is 0 Å². The molecular weight excluding hydrogens is 262 g/mol. The molecule has 0 saturated carbocycles. The van der Waals surface area contributed by atoms with E-state index >= 15 is 0 Å². The molecule has 0 heterocycles. The van der Waals surface area contributed by atoms with E-state index in [0.29, 0.717) is 32.8 Å². The lowest BCUT2D eigenvalue weighted by Gasteiger charge is -2.21. The summed E-state index contributed by atoms with van der Waals surface area (Å²) < 4.78 is 15.6. The number of hydrogen-bond donors (Lipinski definition) is 2. The first-order chi connectivity index (χ1) is 9.74. The summed E-state index contributed by atoms with van der Waals surface area (Å²) in [7, 11) is 0. The van der Waals surface area contributed by atoms with Gasteiger partial charge in [0.1, 0.15) is 0 Å². The first-order valence-corrected chi connectivity index (χ1v) is 7.11. The fourth-order valence-corrected chi connectivity index (χ4v) is 1.49. The number of hydrazine groups is 1. The molecule has 0 aliphatic carbocycles. The predicted molar refractivity (Wildman–Crippen MR) is 79.1 cm³/mol. The smallest absolute Gasteiger partial charge is 0.307 e. The van der Waals surface area contributed by atoms with E-state index in [1.807, 2.05) is 20.8 Å². The topological polar surface area (TPSA) is 100 Å². The predicted octanol–water partition coefficient (Wildman–Crippen LogP) is 0.133. The molecule has 0 aromatic rings. The molecule has 20 heavy (non-hydrogen) atoms. The third-order valence-electron chi connectivity index (χ3n) is 2.45. The van der Waals surface area contributed by atoms with Crippen LogP contribution in [0.1, 0.15) is 27.2 Å². The van der Waals surface area contributed by atoms with Gasteiger partial charge in [-0.05, 0) is 20.8 Å². The molecule has 0 unspecified atom stereocenters. The Morgan fingerprint density at radius 1 is 0.900 bits per heavy atom. The number of ether oxygens (including phenoxy) is 3. The van der Waals surface area contributed by atoms with Crippen LogP contribution in [0.15, 0.2) is 0 Å². The molecule has 7 heteroatoms. The highest BCUT2D eigenvalue weighted by Gasteiger charge is 2.08. The van der Waals surface area contributed by atoms with Crippen molar-refractivity contribution in [3.05, 3.63) is 0 Å². The van der Waals surface area contributed by atoms with Gasteiger partial charge in [-0.15, -0.1) is 0 Å². The first kappa shape index (κ1) is 21.6. The summed E-state index contributed by atoms with van der Waals surface area (Å²) in [5.41, 5.74) is 0. The van der Waals surface area contributed by atoms with Crippen molar-refractivity contribution in [1.82, 2.24) is 4.90 Å². The van der Waals surface area contributed by atoms with Crippen LogP contribution in [0.4, 0.5) is 0 Å². The van der Waals surface area contributed by atoms with Crippen molar-refractivity contribution in [3.8, 4) is 0 Å². The third-order valence-corrected chi connectivity index (χ3v) is 2.45. The Hall–Kier alpha value is -0.730. The lowest BCUT2D eigenvalue weighted by molar-refractivity contribution is -0.143. The lowest BCUT2D eigenvalue weighted by Crippen LogP contribution is -2.33. The first-order valence-electron chi connectivity index (χ1n) is 7.11. The van der Waals surface area contributed by atoms with Crippen LogP contribution in [0.5, 0.6) is 0 Å². The van der Waals surface area contributed by atoms with Gasteiger partial charge in [0.15, 0.2) is 0 Å². The number of carbonyl (C=O) groups is 1. The Kier molecular flexibility index (Phi) is 19.7. The van der Waals surface area contributed by atoms with Crippen molar-refractivity contribution in [1.29, 1.82) is 0 Å². The highest BCUT2D eigenvalue weighted by Crippen LogP contribution is 1.95. The molecule has 0 aliphatic heterocycles. The molecule has 0 fully saturated rings. The van der Waals surface area contributed by atoms with Gasteiger partial charge in [0, 0.05) is 32.8 Å². The maximum atomic E-state index is 11.3. The van der Waals surface area contributed by atoms with Crippen LogP contribution in [-0.4, -0.2) is 63.5 Å². The fourth-order valence-electron chi connectivity index (χ4n) is 1.49. The van der Waals surface area contributed by atoms with Crippen molar-refractivity contribution >= 4 is 5.97 Å². The van der Waals surface area contributed by atoms with E-state index in [1.165, 1.54) is 0 Å². The Bertz CT molecular complexity index is 196. The van der Waals surface area contributed by atoms with Gasteiger partial charge in [0.05, 0.1) is 26.2 Å². The minimum Gasteiger partial charge on any atom is -0.466 e. The molecule has 0 radical (unpaired) electrons. The minimum absolute atomic E-state index is 0.143. The summed E-state index contributed by atoms with van der Waals surface area (Å²) in [5, 5.41) is 0. The standard InChI is InChI=1S/C13H27NO4.H4N2/c1-4-16-11-9-14(10-12-17-5-2)8-7-13(15)18-6-3;1-2/h4-12H2,1-3H3;1-2H2. The van der Waals surface area contributed by atoms with Gasteiger partial charge in [0.2, 0.25) is 0 Å². The normalized spacial score (nSPS) is 10.1. The van der Waals surface area contributed by atoms with Gasteiger partial charge < -0.3 is 14.2 Å².